The Morgan fingerprint density at radius 1 is 1.17 bits per heavy atom. The third-order valence-electron chi connectivity index (χ3n) is 5.92. The molecular formula is C25H21N5O4S. The highest BCUT2D eigenvalue weighted by molar-refractivity contribution is 7.89. The van der Waals surface area contributed by atoms with Crippen LogP contribution in [0.1, 0.15) is 24.1 Å². The number of carbonyl (C=O) groups excluding carboxylic acids is 1. The number of fused-ring (bicyclic) bond motifs is 1. The molecule has 1 saturated heterocycles. The second-order valence-electron chi connectivity index (χ2n) is 8.17. The Balaban J connectivity index is 1.29. The molecule has 0 unspecified atom stereocenters. The fourth-order valence-electron chi connectivity index (χ4n) is 4.15. The van der Waals surface area contributed by atoms with Gasteiger partial charge in [0.1, 0.15) is 17.7 Å². The highest BCUT2D eigenvalue weighted by Crippen LogP contribution is 2.30. The van der Waals surface area contributed by atoms with Crippen molar-refractivity contribution in [2.75, 3.05) is 6.54 Å². The summed E-state index contributed by atoms with van der Waals surface area (Å²) in [6.45, 7) is 0.382. The molecule has 0 spiro atoms. The third kappa shape index (κ3) is 4.51. The quantitative estimate of drug-likeness (QED) is 0.442. The number of furan rings is 1. The van der Waals surface area contributed by atoms with Crippen LogP contribution in [0.5, 0.6) is 0 Å². The van der Waals surface area contributed by atoms with Crippen molar-refractivity contribution in [1.29, 1.82) is 5.26 Å². The summed E-state index contributed by atoms with van der Waals surface area (Å²) in [6.07, 6.45) is 4.11. The lowest BCUT2D eigenvalue weighted by atomic mass is 10.1. The molecule has 10 heteroatoms. The fourth-order valence-corrected chi connectivity index (χ4v) is 5.76. The summed E-state index contributed by atoms with van der Waals surface area (Å²) >= 11 is 0. The Hall–Kier alpha value is -4.07. The van der Waals surface area contributed by atoms with Gasteiger partial charge in [-0.05, 0) is 43.2 Å². The van der Waals surface area contributed by atoms with Crippen LogP contribution in [0.15, 0.2) is 76.5 Å². The van der Waals surface area contributed by atoms with E-state index < -0.39 is 16.1 Å². The van der Waals surface area contributed by atoms with Crippen molar-refractivity contribution in [3.05, 3.63) is 78.2 Å². The summed E-state index contributed by atoms with van der Waals surface area (Å²) in [5.41, 5.74) is 3.02. The van der Waals surface area contributed by atoms with Gasteiger partial charge in [-0.3, -0.25) is 14.8 Å². The van der Waals surface area contributed by atoms with Crippen LogP contribution in [0, 0.1) is 11.3 Å². The maximum absolute atomic E-state index is 13.3. The van der Waals surface area contributed by atoms with E-state index >= 15 is 0 Å². The number of hydrogen-bond donors (Lipinski definition) is 1. The lowest BCUT2D eigenvalue weighted by Gasteiger charge is -2.22. The number of benzene rings is 1. The molecule has 35 heavy (non-hydrogen) atoms. The molecule has 176 valence electrons. The van der Waals surface area contributed by atoms with Crippen LogP contribution >= 0.6 is 0 Å². The maximum Gasteiger partial charge on any atom is 0.277 e. The smallest absolute Gasteiger partial charge is 0.277 e. The van der Waals surface area contributed by atoms with E-state index in [1.54, 1.807) is 54.7 Å². The fraction of sp³-hybridized carbons (Fsp3) is 0.200. The first-order chi connectivity index (χ1) is 17.0. The number of para-hydroxylation sites is 1. The zero-order valence-electron chi connectivity index (χ0n) is 18.6. The molecule has 1 amide bonds. The van der Waals surface area contributed by atoms with Crippen LogP contribution in [0.25, 0.3) is 22.2 Å². The normalized spacial score (nSPS) is 16.3. The first-order valence-electron chi connectivity index (χ1n) is 11.1. The van der Waals surface area contributed by atoms with E-state index in [1.165, 1.54) is 16.6 Å². The minimum absolute atomic E-state index is 0.137. The number of aromatic nitrogens is 2. The lowest BCUT2D eigenvalue weighted by molar-refractivity contribution is -0.124. The van der Waals surface area contributed by atoms with Gasteiger partial charge < -0.3 is 9.73 Å². The van der Waals surface area contributed by atoms with Crippen LogP contribution < -0.4 is 5.32 Å². The number of hydrogen-bond acceptors (Lipinski definition) is 7. The molecule has 1 fully saturated rings. The molecule has 0 bridgehead atoms. The topological polar surface area (TPSA) is 129 Å². The standard InChI is InChI=1S/C25H21N5O4S/c26-14-17-7-8-21(28-15-17)18-9-10-27-20(12-18)16-29-25(31)22-5-3-11-30(22)35(32,33)24-13-19-4-1-2-6-23(19)34-24/h1-2,4,6-10,12-13,15,22H,3,5,11,16H2,(H,29,31)/t22-/m0/s1. The Kier molecular flexibility index (Phi) is 6.03. The van der Waals surface area contributed by atoms with Crippen LogP contribution in [0.3, 0.4) is 0 Å². The van der Waals surface area contributed by atoms with Crippen LogP contribution in [-0.4, -0.2) is 41.2 Å². The Labute approximate surface area is 202 Å². The molecule has 1 N–H and O–H groups in total. The second-order valence-corrected chi connectivity index (χ2v) is 10.00. The molecule has 1 atom stereocenters. The van der Waals surface area contributed by atoms with E-state index in [2.05, 4.69) is 15.3 Å². The van der Waals surface area contributed by atoms with E-state index in [4.69, 9.17) is 9.68 Å². The molecule has 0 aliphatic carbocycles. The first-order valence-corrected chi connectivity index (χ1v) is 12.5. The van der Waals surface area contributed by atoms with Gasteiger partial charge in [0.05, 0.1) is 23.5 Å². The van der Waals surface area contributed by atoms with E-state index in [1.807, 2.05) is 6.07 Å². The molecule has 5 rings (SSSR count). The van der Waals surface area contributed by atoms with E-state index in [9.17, 15) is 13.2 Å². The van der Waals surface area contributed by atoms with Crippen LogP contribution in [0.2, 0.25) is 0 Å². The number of pyridine rings is 2. The van der Waals surface area contributed by atoms with Crippen molar-refractivity contribution in [2.45, 2.75) is 30.5 Å². The average Bonchev–Trinajstić information content (AvgIpc) is 3.56. The van der Waals surface area contributed by atoms with Crippen molar-refractivity contribution >= 4 is 26.9 Å². The van der Waals surface area contributed by atoms with E-state index in [0.717, 1.165) is 5.56 Å². The van der Waals surface area contributed by atoms with Crippen molar-refractivity contribution < 1.29 is 17.6 Å². The Bertz CT molecular complexity index is 1510. The molecule has 9 nitrogen and oxygen atoms in total. The molecule has 4 heterocycles. The summed E-state index contributed by atoms with van der Waals surface area (Å²) in [5, 5.41) is 12.3. The molecule has 4 aromatic rings. The van der Waals surface area contributed by atoms with Gasteiger partial charge in [0.25, 0.3) is 10.0 Å². The van der Waals surface area contributed by atoms with E-state index in [-0.39, 0.29) is 24.1 Å². The number of sulfonamides is 1. The predicted molar refractivity (Wildman–Crippen MR) is 127 cm³/mol. The molecule has 0 radical (unpaired) electrons. The number of nitriles is 1. The van der Waals surface area contributed by atoms with Gasteiger partial charge in [0.15, 0.2) is 0 Å². The number of amides is 1. The number of rotatable bonds is 6. The number of nitrogens with one attached hydrogen (secondary N) is 1. The molecule has 0 saturated carbocycles. The Morgan fingerprint density at radius 2 is 2.03 bits per heavy atom. The minimum atomic E-state index is -3.97. The summed E-state index contributed by atoms with van der Waals surface area (Å²) in [5.74, 6) is -0.383. The Morgan fingerprint density at radius 3 is 2.80 bits per heavy atom. The predicted octanol–water partition coefficient (Wildman–Crippen LogP) is 3.23. The molecular weight excluding hydrogens is 466 g/mol. The van der Waals surface area contributed by atoms with Gasteiger partial charge in [-0.15, -0.1) is 0 Å². The van der Waals surface area contributed by atoms with Gasteiger partial charge in [0, 0.05) is 36.0 Å². The molecule has 1 aliphatic rings. The largest absolute Gasteiger partial charge is 0.443 e. The van der Waals surface area contributed by atoms with Gasteiger partial charge in [-0.1, -0.05) is 18.2 Å². The van der Waals surface area contributed by atoms with Crippen LogP contribution in [0.4, 0.5) is 0 Å². The van der Waals surface area contributed by atoms with Crippen molar-refractivity contribution in [3.63, 3.8) is 0 Å². The monoisotopic (exact) mass is 487 g/mol. The molecule has 3 aromatic heterocycles. The lowest BCUT2D eigenvalue weighted by Crippen LogP contribution is -2.45. The summed E-state index contributed by atoms with van der Waals surface area (Å²) < 4.78 is 33.3. The van der Waals surface area contributed by atoms with Gasteiger partial charge in [-0.2, -0.15) is 9.57 Å². The first kappa shape index (κ1) is 22.7. The van der Waals surface area contributed by atoms with Crippen molar-refractivity contribution in [3.8, 4) is 17.3 Å². The third-order valence-corrected chi connectivity index (χ3v) is 7.69. The van der Waals surface area contributed by atoms with Crippen LogP contribution in [-0.2, 0) is 21.4 Å². The van der Waals surface area contributed by atoms with Gasteiger partial charge in [0.2, 0.25) is 11.0 Å². The highest BCUT2D eigenvalue weighted by atomic mass is 32.2. The average molecular weight is 488 g/mol. The molecule has 1 aromatic carbocycles. The summed E-state index contributed by atoms with van der Waals surface area (Å²) in [6, 6.07) is 16.8. The van der Waals surface area contributed by atoms with Gasteiger partial charge in [-0.25, -0.2) is 8.42 Å². The zero-order chi connectivity index (χ0) is 24.4. The van der Waals surface area contributed by atoms with Crippen molar-refractivity contribution in [1.82, 2.24) is 19.6 Å². The number of nitrogens with zero attached hydrogens (tertiary/aromatic N) is 4. The molecule has 1 aliphatic heterocycles. The van der Waals surface area contributed by atoms with E-state index in [0.29, 0.717) is 40.8 Å². The number of carbonyl (C=O) groups is 1. The summed E-state index contributed by atoms with van der Waals surface area (Å²) in [4.78, 5) is 21.6. The maximum atomic E-state index is 13.3. The minimum Gasteiger partial charge on any atom is -0.443 e. The van der Waals surface area contributed by atoms with Crippen molar-refractivity contribution in [2.24, 2.45) is 0 Å². The summed E-state index contributed by atoms with van der Waals surface area (Å²) in [7, 11) is -3.97. The second kappa shape index (κ2) is 9.29. The zero-order valence-corrected chi connectivity index (χ0v) is 19.4. The highest BCUT2D eigenvalue weighted by Gasteiger charge is 2.41. The van der Waals surface area contributed by atoms with Gasteiger partial charge >= 0.3 is 0 Å². The SMILES string of the molecule is N#Cc1ccc(-c2ccnc(CNC(=O)[C@@H]3CCCN3S(=O)(=O)c3cc4ccccc4o3)c2)nc1.